The lowest BCUT2D eigenvalue weighted by Crippen LogP contribution is -2.19. The van der Waals surface area contributed by atoms with Crippen LogP contribution in [0.3, 0.4) is 0 Å². The molecule has 4 rings (SSSR count). The third-order valence-electron chi connectivity index (χ3n) is 4.08. The quantitative estimate of drug-likeness (QED) is 0.647. The van der Waals surface area contributed by atoms with Crippen molar-refractivity contribution in [3.05, 3.63) is 83.9 Å². The van der Waals surface area contributed by atoms with Crippen molar-refractivity contribution in [2.24, 2.45) is 0 Å². The van der Waals surface area contributed by atoms with Crippen molar-refractivity contribution in [1.82, 2.24) is 5.32 Å². The zero-order valence-corrected chi connectivity index (χ0v) is 15.2. The first kappa shape index (κ1) is 17.7. The fraction of sp³-hybridized carbons (Fsp3) is 0. The molecule has 0 spiro atoms. The molecule has 0 unspecified atom stereocenters. The number of anilines is 1. The smallest absolute Gasteiger partial charge is 0.261 e. The number of nitrogens with one attached hydrogen (secondary N) is 2. The summed E-state index contributed by atoms with van der Waals surface area (Å²) in [4.78, 5) is 23.3. The number of amides is 2. The van der Waals surface area contributed by atoms with Crippen LogP contribution in [0.25, 0.3) is 0 Å². The van der Waals surface area contributed by atoms with Crippen LogP contribution in [0.1, 0.15) is 20.7 Å². The Labute approximate surface area is 161 Å². The van der Waals surface area contributed by atoms with Crippen LogP contribution in [0.15, 0.2) is 77.7 Å². The van der Waals surface area contributed by atoms with E-state index >= 15 is 0 Å². The Kier molecular flexibility index (Phi) is 4.32. The number of ether oxygens (including phenoxy) is 1. The molecule has 7 nitrogen and oxygen atoms in total. The van der Waals surface area contributed by atoms with Crippen molar-refractivity contribution in [3.63, 3.8) is 0 Å². The second kappa shape index (κ2) is 6.82. The van der Waals surface area contributed by atoms with Gasteiger partial charge in [-0.15, -0.1) is 0 Å². The number of carbonyl (C=O) groups excluding carboxylic acids is 2. The summed E-state index contributed by atoms with van der Waals surface area (Å²) >= 11 is 0. The van der Waals surface area contributed by atoms with Crippen molar-refractivity contribution >= 4 is 27.5 Å². The van der Waals surface area contributed by atoms with Gasteiger partial charge in [0.25, 0.3) is 21.8 Å². The van der Waals surface area contributed by atoms with Crippen LogP contribution in [0.4, 0.5) is 5.69 Å². The van der Waals surface area contributed by atoms with Gasteiger partial charge in [-0.25, -0.2) is 8.42 Å². The topological polar surface area (TPSA) is 102 Å². The van der Waals surface area contributed by atoms with E-state index in [4.69, 9.17) is 4.74 Å². The van der Waals surface area contributed by atoms with E-state index in [1.807, 2.05) is 18.2 Å². The summed E-state index contributed by atoms with van der Waals surface area (Å²) < 4.78 is 33.5. The first-order chi connectivity index (χ1) is 13.4. The minimum Gasteiger partial charge on any atom is -0.457 e. The van der Waals surface area contributed by atoms with Crippen LogP contribution in [0, 0.1) is 0 Å². The van der Waals surface area contributed by atoms with E-state index in [0.717, 1.165) is 0 Å². The van der Waals surface area contributed by atoms with E-state index < -0.39 is 21.8 Å². The molecule has 2 N–H and O–H groups in total. The van der Waals surface area contributed by atoms with Gasteiger partial charge in [-0.2, -0.15) is 0 Å². The van der Waals surface area contributed by atoms with Crippen LogP contribution < -0.4 is 14.8 Å². The summed E-state index contributed by atoms with van der Waals surface area (Å²) in [6.45, 7) is 0. The molecule has 2 amide bonds. The predicted octanol–water partition coefficient (Wildman–Crippen LogP) is 3.16. The molecule has 140 valence electrons. The zero-order valence-electron chi connectivity index (χ0n) is 14.4. The number of carbonyl (C=O) groups is 2. The highest BCUT2D eigenvalue weighted by atomic mass is 32.2. The number of hydrogen-bond acceptors (Lipinski definition) is 5. The van der Waals surface area contributed by atoms with Crippen LogP contribution in [0.2, 0.25) is 0 Å². The van der Waals surface area contributed by atoms with Crippen LogP contribution in [-0.2, 0) is 10.0 Å². The number of sulfonamides is 1. The van der Waals surface area contributed by atoms with E-state index in [0.29, 0.717) is 17.2 Å². The molecule has 0 atom stereocenters. The SMILES string of the molecule is O=C1NC(=O)c2cc(S(=O)(=O)Nc3cccc(Oc4ccccc4)c3)ccc21. The zero-order chi connectivity index (χ0) is 19.7. The standard InChI is InChI=1S/C20H14N2O5S/c23-19-17-10-9-16(12-18(17)20(24)21-19)28(25,26)22-13-5-4-8-15(11-13)27-14-6-2-1-3-7-14/h1-12,22H,(H,21,23,24). The summed E-state index contributed by atoms with van der Waals surface area (Å²) in [5.41, 5.74) is 0.491. The molecule has 0 saturated heterocycles. The highest BCUT2D eigenvalue weighted by molar-refractivity contribution is 7.92. The molecule has 0 aliphatic carbocycles. The Hall–Kier alpha value is -3.65. The maximum absolute atomic E-state index is 12.7. The third kappa shape index (κ3) is 3.45. The van der Waals surface area contributed by atoms with Crippen LogP contribution >= 0.6 is 0 Å². The van der Waals surface area contributed by atoms with Gasteiger partial charge in [-0.1, -0.05) is 24.3 Å². The molecule has 0 fully saturated rings. The number of fused-ring (bicyclic) bond motifs is 1. The maximum Gasteiger partial charge on any atom is 0.261 e. The van der Waals surface area contributed by atoms with Crippen LogP contribution in [-0.4, -0.2) is 20.2 Å². The number of imide groups is 1. The Bertz CT molecular complexity index is 1190. The number of hydrogen-bond donors (Lipinski definition) is 2. The summed E-state index contributed by atoms with van der Waals surface area (Å²) in [6, 6.07) is 19.4. The predicted molar refractivity (Wildman–Crippen MR) is 102 cm³/mol. The average Bonchev–Trinajstić information content (AvgIpc) is 2.96. The van der Waals surface area contributed by atoms with Gasteiger partial charge < -0.3 is 4.74 Å². The van der Waals surface area contributed by atoms with Crippen molar-refractivity contribution in [2.45, 2.75) is 4.90 Å². The Balaban J connectivity index is 1.59. The van der Waals surface area contributed by atoms with Crippen molar-refractivity contribution in [3.8, 4) is 11.5 Å². The Morgan fingerprint density at radius 1 is 0.750 bits per heavy atom. The minimum absolute atomic E-state index is 0.0361. The highest BCUT2D eigenvalue weighted by Gasteiger charge is 2.28. The van der Waals surface area contributed by atoms with Gasteiger partial charge >= 0.3 is 0 Å². The molecule has 0 aromatic heterocycles. The first-order valence-corrected chi connectivity index (χ1v) is 9.76. The Morgan fingerprint density at radius 3 is 2.25 bits per heavy atom. The molecule has 1 aliphatic heterocycles. The van der Waals surface area contributed by atoms with E-state index in [1.165, 1.54) is 18.2 Å². The Morgan fingerprint density at radius 2 is 1.46 bits per heavy atom. The molecule has 3 aromatic carbocycles. The van der Waals surface area contributed by atoms with Crippen molar-refractivity contribution in [2.75, 3.05) is 4.72 Å². The molecule has 3 aromatic rings. The lowest BCUT2D eigenvalue weighted by molar-refractivity contribution is 0.0879. The fourth-order valence-corrected chi connectivity index (χ4v) is 3.85. The molecular weight excluding hydrogens is 380 g/mol. The van der Waals surface area contributed by atoms with Gasteiger partial charge in [0, 0.05) is 6.07 Å². The van der Waals surface area contributed by atoms with Gasteiger partial charge in [-0.3, -0.25) is 19.6 Å². The molecule has 1 aliphatic rings. The van der Waals surface area contributed by atoms with E-state index in [-0.39, 0.29) is 16.0 Å². The van der Waals surface area contributed by atoms with Crippen molar-refractivity contribution in [1.29, 1.82) is 0 Å². The molecule has 0 saturated carbocycles. The minimum atomic E-state index is -3.96. The second-order valence-electron chi connectivity index (χ2n) is 6.04. The van der Waals surface area contributed by atoms with E-state index in [2.05, 4.69) is 10.0 Å². The molecule has 28 heavy (non-hydrogen) atoms. The number of benzene rings is 3. The molecule has 0 radical (unpaired) electrons. The monoisotopic (exact) mass is 394 g/mol. The van der Waals surface area contributed by atoms with E-state index in [1.54, 1.807) is 36.4 Å². The first-order valence-electron chi connectivity index (χ1n) is 8.28. The number of rotatable bonds is 5. The molecular formula is C20H14N2O5S. The fourth-order valence-electron chi connectivity index (χ4n) is 2.78. The van der Waals surface area contributed by atoms with Crippen LogP contribution in [0.5, 0.6) is 11.5 Å². The molecule has 0 bridgehead atoms. The molecule has 8 heteroatoms. The number of para-hydroxylation sites is 1. The average molecular weight is 394 g/mol. The lowest BCUT2D eigenvalue weighted by Gasteiger charge is -2.11. The largest absolute Gasteiger partial charge is 0.457 e. The summed E-state index contributed by atoms with van der Waals surface area (Å²) in [5, 5.41) is 2.13. The van der Waals surface area contributed by atoms with Gasteiger partial charge in [0.05, 0.1) is 21.7 Å². The second-order valence-corrected chi connectivity index (χ2v) is 7.72. The van der Waals surface area contributed by atoms with Gasteiger partial charge in [0.2, 0.25) is 0 Å². The van der Waals surface area contributed by atoms with Crippen molar-refractivity contribution < 1.29 is 22.7 Å². The van der Waals surface area contributed by atoms with Gasteiger partial charge in [-0.05, 0) is 42.5 Å². The molecule has 1 heterocycles. The lowest BCUT2D eigenvalue weighted by atomic mass is 10.1. The normalized spacial score (nSPS) is 13.0. The summed E-state index contributed by atoms with van der Waals surface area (Å²) in [6.07, 6.45) is 0. The summed E-state index contributed by atoms with van der Waals surface area (Å²) in [5.74, 6) is -0.0693. The highest BCUT2D eigenvalue weighted by Crippen LogP contribution is 2.26. The van der Waals surface area contributed by atoms with Gasteiger partial charge in [0.1, 0.15) is 11.5 Å². The maximum atomic E-state index is 12.7. The van der Waals surface area contributed by atoms with E-state index in [9.17, 15) is 18.0 Å². The summed E-state index contributed by atoms with van der Waals surface area (Å²) in [7, 11) is -3.96. The van der Waals surface area contributed by atoms with Gasteiger partial charge in [0.15, 0.2) is 0 Å². The third-order valence-corrected chi connectivity index (χ3v) is 5.46.